The lowest BCUT2D eigenvalue weighted by Crippen LogP contribution is -2.36. The van der Waals surface area contributed by atoms with Crippen LogP contribution in [0, 0.1) is 0 Å². The molecule has 1 fully saturated rings. The average molecular weight is 174 g/mol. The van der Waals surface area contributed by atoms with Crippen molar-refractivity contribution >= 4 is 0 Å². The third-order valence-electron chi connectivity index (χ3n) is 2.13. The summed E-state index contributed by atoms with van der Waals surface area (Å²) in [4.78, 5) is 6.93. The second kappa shape index (κ2) is 5.48. The first-order chi connectivity index (χ1) is 5.83. The van der Waals surface area contributed by atoms with Gasteiger partial charge in [0, 0.05) is 13.1 Å². The van der Waals surface area contributed by atoms with Crippen molar-refractivity contribution in [1.29, 1.82) is 0 Å². The van der Waals surface area contributed by atoms with Crippen LogP contribution in [-0.4, -0.2) is 49.4 Å². The van der Waals surface area contributed by atoms with Crippen molar-refractivity contribution in [2.75, 3.05) is 33.3 Å². The summed E-state index contributed by atoms with van der Waals surface area (Å²) in [5.41, 5.74) is 2.65. The van der Waals surface area contributed by atoms with Crippen LogP contribution in [0.25, 0.3) is 0 Å². The van der Waals surface area contributed by atoms with Crippen molar-refractivity contribution in [1.82, 2.24) is 10.4 Å². The minimum Gasteiger partial charge on any atom is -0.390 e. The summed E-state index contributed by atoms with van der Waals surface area (Å²) in [5, 5.41) is 9.46. The van der Waals surface area contributed by atoms with Crippen LogP contribution in [0.15, 0.2) is 0 Å². The van der Waals surface area contributed by atoms with Crippen molar-refractivity contribution < 1.29 is 9.94 Å². The van der Waals surface area contributed by atoms with E-state index >= 15 is 0 Å². The van der Waals surface area contributed by atoms with Crippen LogP contribution in [0.5, 0.6) is 0 Å². The average Bonchev–Trinajstić information content (AvgIpc) is 2.53. The molecule has 1 rings (SSSR count). The Kier molecular flexibility index (Phi) is 4.53. The molecular formula is C8H18N2O2. The minimum atomic E-state index is -0.317. The molecule has 4 nitrogen and oxygen atoms in total. The van der Waals surface area contributed by atoms with E-state index in [-0.39, 0.29) is 6.10 Å². The second-order valence-corrected chi connectivity index (χ2v) is 3.21. The van der Waals surface area contributed by atoms with E-state index in [1.165, 1.54) is 12.8 Å². The molecule has 0 radical (unpaired) electrons. The molecule has 0 aromatic heterocycles. The maximum absolute atomic E-state index is 9.46. The number of hydrogen-bond donors (Lipinski definition) is 2. The van der Waals surface area contributed by atoms with E-state index in [0.29, 0.717) is 6.54 Å². The van der Waals surface area contributed by atoms with Crippen molar-refractivity contribution in [2.45, 2.75) is 18.9 Å². The zero-order chi connectivity index (χ0) is 8.81. The highest BCUT2D eigenvalue weighted by Crippen LogP contribution is 2.07. The fraction of sp³-hybridized carbons (Fsp3) is 1.00. The summed E-state index contributed by atoms with van der Waals surface area (Å²) < 4.78 is 0. The highest BCUT2D eigenvalue weighted by atomic mass is 16.6. The molecule has 72 valence electrons. The summed E-state index contributed by atoms with van der Waals surface area (Å²) in [6.07, 6.45) is 2.22. The number of aliphatic hydroxyl groups excluding tert-OH is 1. The van der Waals surface area contributed by atoms with Gasteiger partial charge in [-0.15, -0.1) is 0 Å². The number of aliphatic hydroxyl groups is 1. The van der Waals surface area contributed by atoms with Gasteiger partial charge in [-0.2, -0.15) is 0 Å². The summed E-state index contributed by atoms with van der Waals surface area (Å²) in [7, 11) is 1.56. The molecule has 1 saturated heterocycles. The molecule has 4 heteroatoms. The first-order valence-corrected chi connectivity index (χ1v) is 4.49. The third-order valence-corrected chi connectivity index (χ3v) is 2.13. The van der Waals surface area contributed by atoms with Gasteiger partial charge in [0.1, 0.15) is 0 Å². The Labute approximate surface area is 73.5 Å². The van der Waals surface area contributed by atoms with E-state index in [4.69, 9.17) is 0 Å². The van der Waals surface area contributed by atoms with Crippen LogP contribution >= 0.6 is 0 Å². The number of nitrogens with one attached hydrogen (secondary N) is 1. The molecule has 2 N–H and O–H groups in total. The minimum absolute atomic E-state index is 0.317. The smallest absolute Gasteiger partial charge is 0.0814 e. The largest absolute Gasteiger partial charge is 0.390 e. The van der Waals surface area contributed by atoms with E-state index in [2.05, 4.69) is 15.2 Å². The number of rotatable bonds is 5. The number of hydrogen-bond acceptors (Lipinski definition) is 4. The van der Waals surface area contributed by atoms with Gasteiger partial charge in [0.05, 0.1) is 13.2 Å². The standard InChI is InChI=1S/C8H18N2O2/c1-12-9-6-8(11)7-10-4-2-3-5-10/h8-9,11H,2-7H2,1H3. The fourth-order valence-electron chi connectivity index (χ4n) is 1.51. The van der Waals surface area contributed by atoms with Crippen LogP contribution in [0.2, 0.25) is 0 Å². The second-order valence-electron chi connectivity index (χ2n) is 3.21. The van der Waals surface area contributed by atoms with Crippen molar-refractivity contribution in [2.24, 2.45) is 0 Å². The van der Waals surface area contributed by atoms with Crippen LogP contribution < -0.4 is 5.48 Å². The molecule has 0 spiro atoms. The van der Waals surface area contributed by atoms with Crippen molar-refractivity contribution in [3.8, 4) is 0 Å². The maximum Gasteiger partial charge on any atom is 0.0814 e. The predicted molar refractivity (Wildman–Crippen MR) is 46.7 cm³/mol. The Bertz CT molecular complexity index is 116. The topological polar surface area (TPSA) is 44.7 Å². The molecule has 1 heterocycles. The lowest BCUT2D eigenvalue weighted by atomic mass is 10.3. The molecule has 0 aromatic rings. The number of hydroxylamine groups is 1. The zero-order valence-corrected chi connectivity index (χ0v) is 7.62. The van der Waals surface area contributed by atoms with E-state index in [0.717, 1.165) is 19.6 Å². The van der Waals surface area contributed by atoms with Gasteiger partial charge in [0.25, 0.3) is 0 Å². The summed E-state index contributed by atoms with van der Waals surface area (Å²) in [6.45, 7) is 3.53. The van der Waals surface area contributed by atoms with Crippen LogP contribution in [0.3, 0.4) is 0 Å². The zero-order valence-electron chi connectivity index (χ0n) is 7.62. The van der Waals surface area contributed by atoms with Crippen LogP contribution in [0.1, 0.15) is 12.8 Å². The molecule has 0 bridgehead atoms. The summed E-state index contributed by atoms with van der Waals surface area (Å²) in [6, 6.07) is 0. The van der Waals surface area contributed by atoms with E-state index in [9.17, 15) is 5.11 Å². The maximum atomic E-state index is 9.46. The molecular weight excluding hydrogens is 156 g/mol. The van der Waals surface area contributed by atoms with Gasteiger partial charge in [0.2, 0.25) is 0 Å². The number of β-amino-alcohol motifs (C(OH)–C–C–N with tert-alkyl or cyclic N) is 1. The molecule has 1 aliphatic heterocycles. The Morgan fingerprint density at radius 3 is 2.75 bits per heavy atom. The summed E-state index contributed by atoms with van der Waals surface area (Å²) >= 11 is 0. The Morgan fingerprint density at radius 2 is 2.17 bits per heavy atom. The molecule has 0 aromatic carbocycles. The Hall–Kier alpha value is -0.160. The molecule has 1 aliphatic rings. The SMILES string of the molecule is CONCC(O)CN1CCCC1. The molecule has 0 amide bonds. The number of nitrogens with zero attached hydrogens (tertiary/aromatic N) is 1. The molecule has 0 aliphatic carbocycles. The molecule has 1 unspecified atom stereocenters. The monoisotopic (exact) mass is 174 g/mol. The lowest BCUT2D eigenvalue weighted by Gasteiger charge is -2.18. The van der Waals surface area contributed by atoms with E-state index in [1.807, 2.05) is 0 Å². The highest BCUT2D eigenvalue weighted by molar-refractivity contribution is 4.70. The fourth-order valence-corrected chi connectivity index (χ4v) is 1.51. The molecule has 12 heavy (non-hydrogen) atoms. The first kappa shape index (κ1) is 9.92. The van der Waals surface area contributed by atoms with Gasteiger partial charge in [-0.1, -0.05) is 0 Å². The Balaban J connectivity index is 2.03. The highest BCUT2D eigenvalue weighted by Gasteiger charge is 2.14. The normalized spacial score (nSPS) is 21.5. The van der Waals surface area contributed by atoms with E-state index < -0.39 is 0 Å². The van der Waals surface area contributed by atoms with Gasteiger partial charge < -0.3 is 14.8 Å². The quantitative estimate of drug-likeness (QED) is 0.556. The third kappa shape index (κ3) is 3.49. The van der Waals surface area contributed by atoms with Gasteiger partial charge in [0.15, 0.2) is 0 Å². The van der Waals surface area contributed by atoms with Gasteiger partial charge >= 0.3 is 0 Å². The summed E-state index contributed by atoms with van der Waals surface area (Å²) in [5.74, 6) is 0. The number of likely N-dealkylation sites (tertiary alicyclic amines) is 1. The van der Waals surface area contributed by atoms with Gasteiger partial charge in [-0.05, 0) is 25.9 Å². The lowest BCUT2D eigenvalue weighted by molar-refractivity contribution is 0.0387. The van der Waals surface area contributed by atoms with E-state index in [1.54, 1.807) is 7.11 Å². The van der Waals surface area contributed by atoms with Crippen molar-refractivity contribution in [3.05, 3.63) is 0 Å². The van der Waals surface area contributed by atoms with Crippen LogP contribution in [-0.2, 0) is 4.84 Å². The van der Waals surface area contributed by atoms with Gasteiger partial charge in [-0.25, -0.2) is 5.48 Å². The predicted octanol–water partition coefficient (Wildman–Crippen LogP) is -0.406. The van der Waals surface area contributed by atoms with Crippen molar-refractivity contribution in [3.63, 3.8) is 0 Å². The first-order valence-electron chi connectivity index (χ1n) is 4.49. The molecule has 0 saturated carbocycles. The molecule has 1 atom stereocenters. The van der Waals surface area contributed by atoms with Gasteiger partial charge in [-0.3, -0.25) is 0 Å². The van der Waals surface area contributed by atoms with Crippen LogP contribution in [0.4, 0.5) is 0 Å². The Morgan fingerprint density at radius 1 is 1.50 bits per heavy atom.